The molecule has 0 aliphatic rings. The van der Waals surface area contributed by atoms with Gasteiger partial charge in [0.15, 0.2) is 0 Å². The van der Waals surface area contributed by atoms with E-state index in [9.17, 15) is 13.2 Å². The predicted molar refractivity (Wildman–Crippen MR) is 44.0 cm³/mol. The first-order chi connectivity index (χ1) is 5.91. The molecular formula is C7H6ClF3N2. The van der Waals surface area contributed by atoms with E-state index in [0.29, 0.717) is 5.69 Å². The van der Waals surface area contributed by atoms with Crippen molar-refractivity contribution < 1.29 is 13.2 Å². The summed E-state index contributed by atoms with van der Waals surface area (Å²) in [5.74, 6) is 5.09. The topological polar surface area (TPSA) is 29.3 Å². The van der Waals surface area contributed by atoms with Crippen molar-refractivity contribution in [3.05, 3.63) is 29.8 Å². The van der Waals surface area contributed by atoms with Crippen molar-refractivity contribution in [1.29, 1.82) is 0 Å². The van der Waals surface area contributed by atoms with Crippen molar-refractivity contribution in [3.63, 3.8) is 0 Å². The first-order valence-corrected chi connectivity index (χ1v) is 3.63. The molecule has 0 spiro atoms. The Bertz CT molecular complexity index is 281. The number of nitrogens with zero attached hydrogens (tertiary/aromatic N) is 1. The van der Waals surface area contributed by atoms with E-state index in [4.69, 9.17) is 17.6 Å². The third kappa shape index (κ3) is 2.50. The van der Waals surface area contributed by atoms with Crippen LogP contribution in [0.25, 0.3) is 0 Å². The SMILES string of the molecule is NN(Cl)c1ccc(C(F)(F)F)cc1. The molecule has 1 rings (SSSR count). The van der Waals surface area contributed by atoms with E-state index in [2.05, 4.69) is 0 Å². The van der Waals surface area contributed by atoms with E-state index < -0.39 is 11.7 Å². The number of alkyl halides is 3. The second-order valence-corrected chi connectivity index (χ2v) is 2.72. The van der Waals surface area contributed by atoms with Gasteiger partial charge in [0.05, 0.1) is 11.3 Å². The quantitative estimate of drug-likeness (QED) is 0.439. The maximum atomic E-state index is 12.0. The van der Waals surface area contributed by atoms with Crippen molar-refractivity contribution >= 4 is 17.5 Å². The summed E-state index contributed by atoms with van der Waals surface area (Å²) in [4.78, 5) is 0. The molecule has 0 heterocycles. The Hall–Kier alpha value is -0.940. The molecular weight excluding hydrogens is 205 g/mol. The minimum Gasteiger partial charge on any atom is -0.232 e. The summed E-state index contributed by atoms with van der Waals surface area (Å²) in [5.41, 5.74) is -0.426. The lowest BCUT2D eigenvalue weighted by Gasteiger charge is -2.10. The first-order valence-electron chi connectivity index (χ1n) is 3.29. The second kappa shape index (κ2) is 3.43. The molecule has 0 saturated carbocycles. The van der Waals surface area contributed by atoms with Gasteiger partial charge in [-0.15, -0.1) is 0 Å². The van der Waals surface area contributed by atoms with E-state index in [1.165, 1.54) is 12.1 Å². The monoisotopic (exact) mass is 210 g/mol. The van der Waals surface area contributed by atoms with Crippen molar-refractivity contribution in [1.82, 2.24) is 0 Å². The van der Waals surface area contributed by atoms with Crippen LogP contribution >= 0.6 is 11.8 Å². The van der Waals surface area contributed by atoms with Crippen LogP contribution in [0.3, 0.4) is 0 Å². The predicted octanol–water partition coefficient (Wildman–Crippen LogP) is 2.54. The van der Waals surface area contributed by atoms with Gasteiger partial charge in [-0.3, -0.25) is 0 Å². The van der Waals surface area contributed by atoms with E-state index in [0.717, 1.165) is 16.7 Å². The molecule has 0 atom stereocenters. The Morgan fingerprint density at radius 3 is 1.92 bits per heavy atom. The van der Waals surface area contributed by atoms with Crippen LogP contribution < -0.4 is 10.4 Å². The molecule has 0 aliphatic carbocycles. The molecule has 0 fully saturated rings. The van der Waals surface area contributed by atoms with Gasteiger partial charge in [0.1, 0.15) is 0 Å². The average molecular weight is 211 g/mol. The van der Waals surface area contributed by atoms with Crippen LogP contribution in [0.2, 0.25) is 0 Å². The Balaban J connectivity index is 2.94. The maximum Gasteiger partial charge on any atom is 0.416 e. The molecule has 0 unspecified atom stereocenters. The highest BCUT2D eigenvalue weighted by Crippen LogP contribution is 2.30. The van der Waals surface area contributed by atoms with Crippen LogP contribution in [0.15, 0.2) is 24.3 Å². The van der Waals surface area contributed by atoms with Gasteiger partial charge in [-0.2, -0.15) is 13.2 Å². The van der Waals surface area contributed by atoms with Crippen LogP contribution in [-0.2, 0) is 6.18 Å². The Kier molecular flexibility index (Phi) is 2.68. The Morgan fingerprint density at radius 2 is 1.62 bits per heavy atom. The van der Waals surface area contributed by atoms with E-state index in [1.807, 2.05) is 0 Å². The third-order valence-corrected chi connectivity index (χ3v) is 1.64. The largest absolute Gasteiger partial charge is 0.416 e. The van der Waals surface area contributed by atoms with Gasteiger partial charge in [0.2, 0.25) is 0 Å². The van der Waals surface area contributed by atoms with Crippen molar-refractivity contribution in [2.24, 2.45) is 5.84 Å². The highest BCUT2D eigenvalue weighted by molar-refractivity contribution is 6.24. The number of halogens is 4. The fourth-order valence-corrected chi connectivity index (χ4v) is 0.906. The summed E-state index contributed by atoms with van der Waals surface area (Å²) in [6, 6.07) is 4.21. The molecule has 0 amide bonds. The number of hydrazine groups is 1. The average Bonchev–Trinajstić information content (AvgIpc) is 2.03. The zero-order valence-corrected chi connectivity index (χ0v) is 7.10. The number of anilines is 1. The standard InChI is InChI=1S/C7H6ClF3N2/c8-13(12)6-3-1-5(2-4-6)7(9,10)11/h1-4H,12H2. The summed E-state index contributed by atoms with van der Waals surface area (Å²) in [6.07, 6.45) is -4.33. The van der Waals surface area contributed by atoms with Crippen LogP contribution in [0.1, 0.15) is 5.56 Å². The molecule has 0 aromatic heterocycles. The summed E-state index contributed by atoms with van der Waals surface area (Å²) < 4.78 is 36.9. The molecule has 13 heavy (non-hydrogen) atoms. The number of nitrogens with two attached hydrogens (primary N) is 1. The molecule has 72 valence electrons. The molecule has 2 nitrogen and oxygen atoms in total. The minimum atomic E-state index is -4.33. The number of benzene rings is 1. The van der Waals surface area contributed by atoms with Gasteiger partial charge in [0, 0.05) is 11.8 Å². The Labute approximate surface area is 77.8 Å². The molecule has 0 aliphatic heterocycles. The van der Waals surface area contributed by atoms with Gasteiger partial charge < -0.3 is 0 Å². The van der Waals surface area contributed by atoms with Gasteiger partial charge >= 0.3 is 6.18 Å². The molecule has 2 N–H and O–H groups in total. The van der Waals surface area contributed by atoms with Gasteiger partial charge in [0.25, 0.3) is 0 Å². The molecule has 0 radical (unpaired) electrons. The summed E-state index contributed by atoms with van der Waals surface area (Å²) in [6.45, 7) is 0. The number of hydrogen-bond donors (Lipinski definition) is 1. The highest BCUT2D eigenvalue weighted by atomic mass is 35.5. The molecule has 0 saturated heterocycles. The maximum absolute atomic E-state index is 12.0. The van der Waals surface area contributed by atoms with Crippen LogP contribution in [0, 0.1) is 0 Å². The number of hydrogen-bond acceptors (Lipinski definition) is 2. The first kappa shape index (κ1) is 10.1. The van der Waals surface area contributed by atoms with Gasteiger partial charge in [-0.1, -0.05) is 0 Å². The van der Waals surface area contributed by atoms with Crippen molar-refractivity contribution in [2.75, 3.05) is 4.53 Å². The summed E-state index contributed by atoms with van der Waals surface area (Å²) in [7, 11) is 0. The van der Waals surface area contributed by atoms with Crippen molar-refractivity contribution in [2.45, 2.75) is 6.18 Å². The fraction of sp³-hybridized carbons (Fsp3) is 0.143. The van der Waals surface area contributed by atoms with Crippen LogP contribution in [0.4, 0.5) is 18.9 Å². The van der Waals surface area contributed by atoms with Gasteiger partial charge in [-0.05, 0) is 24.3 Å². The van der Waals surface area contributed by atoms with Crippen molar-refractivity contribution in [3.8, 4) is 0 Å². The van der Waals surface area contributed by atoms with Gasteiger partial charge in [-0.25, -0.2) is 10.4 Å². The molecule has 6 heteroatoms. The number of rotatable bonds is 1. The molecule has 1 aromatic carbocycles. The molecule has 1 aromatic rings. The second-order valence-electron chi connectivity index (χ2n) is 2.36. The van der Waals surface area contributed by atoms with E-state index in [-0.39, 0.29) is 0 Å². The lowest BCUT2D eigenvalue weighted by atomic mass is 10.2. The Morgan fingerprint density at radius 1 is 1.15 bits per heavy atom. The summed E-state index contributed by atoms with van der Waals surface area (Å²) >= 11 is 5.30. The normalized spacial score (nSPS) is 11.5. The minimum absolute atomic E-state index is 0.301. The zero-order valence-electron chi connectivity index (χ0n) is 6.35. The third-order valence-electron chi connectivity index (χ3n) is 1.44. The van der Waals surface area contributed by atoms with Crippen LogP contribution in [-0.4, -0.2) is 0 Å². The smallest absolute Gasteiger partial charge is 0.232 e. The molecule has 0 bridgehead atoms. The lowest BCUT2D eigenvalue weighted by Crippen LogP contribution is -2.18. The highest BCUT2D eigenvalue weighted by Gasteiger charge is 2.29. The summed E-state index contributed by atoms with van der Waals surface area (Å²) in [5, 5.41) is 0. The van der Waals surface area contributed by atoms with Crippen LogP contribution in [0.5, 0.6) is 0 Å². The van der Waals surface area contributed by atoms with E-state index >= 15 is 0 Å². The fourth-order valence-electron chi connectivity index (χ4n) is 0.793. The van der Waals surface area contributed by atoms with E-state index in [1.54, 1.807) is 0 Å². The lowest BCUT2D eigenvalue weighted by molar-refractivity contribution is -0.137. The zero-order chi connectivity index (χ0) is 10.1.